The molecule has 0 radical (unpaired) electrons. The number of carbonyl (C=O) groups is 2. The van der Waals surface area contributed by atoms with Crippen LogP contribution in [0, 0.1) is 11.8 Å². The molecular formula is C21H41BN2O5. The molecule has 1 heterocycles. The van der Waals surface area contributed by atoms with Gasteiger partial charge >= 0.3 is 13.2 Å². The highest BCUT2D eigenvalue weighted by molar-refractivity contribution is 6.48. The van der Waals surface area contributed by atoms with Gasteiger partial charge in [-0.1, -0.05) is 27.7 Å². The second-order valence-corrected chi connectivity index (χ2v) is 10.7. The van der Waals surface area contributed by atoms with Crippen molar-refractivity contribution in [1.82, 2.24) is 10.6 Å². The lowest BCUT2D eigenvalue weighted by atomic mass is 9.73. The van der Waals surface area contributed by atoms with Gasteiger partial charge in [0.15, 0.2) is 0 Å². The first-order valence-electron chi connectivity index (χ1n) is 10.6. The second kappa shape index (κ2) is 9.25. The molecule has 2 N–H and O–H groups in total. The first-order chi connectivity index (χ1) is 12.9. The summed E-state index contributed by atoms with van der Waals surface area (Å²) in [5, 5.41) is 5.76. The van der Waals surface area contributed by atoms with Crippen molar-refractivity contribution in [2.75, 3.05) is 0 Å². The molecular weight excluding hydrogens is 371 g/mol. The van der Waals surface area contributed by atoms with Gasteiger partial charge < -0.3 is 24.7 Å². The van der Waals surface area contributed by atoms with Crippen LogP contribution in [0.5, 0.6) is 0 Å². The highest BCUT2D eigenvalue weighted by Crippen LogP contribution is 2.38. The van der Waals surface area contributed by atoms with Gasteiger partial charge in [0.25, 0.3) is 0 Å². The van der Waals surface area contributed by atoms with Crippen molar-refractivity contribution >= 4 is 19.1 Å². The molecule has 0 aromatic heterocycles. The van der Waals surface area contributed by atoms with E-state index < -0.39 is 36.1 Å². The zero-order valence-electron chi connectivity index (χ0n) is 20.1. The van der Waals surface area contributed by atoms with Gasteiger partial charge in [-0.2, -0.15) is 0 Å². The quantitative estimate of drug-likeness (QED) is 0.623. The average Bonchev–Trinajstić information content (AvgIpc) is 2.69. The van der Waals surface area contributed by atoms with Gasteiger partial charge in [0, 0.05) is 0 Å². The van der Waals surface area contributed by atoms with Crippen molar-refractivity contribution in [2.45, 2.75) is 111 Å². The molecule has 2 atom stereocenters. The molecule has 0 aliphatic carbocycles. The monoisotopic (exact) mass is 412 g/mol. The van der Waals surface area contributed by atoms with Gasteiger partial charge in [-0.25, -0.2) is 4.79 Å². The Balaban J connectivity index is 2.93. The lowest BCUT2D eigenvalue weighted by molar-refractivity contribution is -0.124. The molecule has 168 valence electrons. The molecule has 1 rings (SSSR count). The van der Waals surface area contributed by atoms with Crippen molar-refractivity contribution in [1.29, 1.82) is 0 Å². The molecule has 1 aliphatic rings. The number of alkyl carbamates (subject to hydrolysis) is 1. The minimum absolute atomic E-state index is 0.111. The Kier molecular flexibility index (Phi) is 8.22. The van der Waals surface area contributed by atoms with E-state index in [4.69, 9.17) is 14.0 Å². The number of rotatable bonds is 7. The summed E-state index contributed by atoms with van der Waals surface area (Å²) in [4.78, 5) is 25.3. The van der Waals surface area contributed by atoms with Crippen LogP contribution in [0.1, 0.15) is 82.6 Å². The lowest BCUT2D eigenvalue weighted by Gasteiger charge is -2.32. The van der Waals surface area contributed by atoms with E-state index in [1.54, 1.807) is 20.8 Å². The Morgan fingerprint density at radius 2 is 1.45 bits per heavy atom. The molecule has 29 heavy (non-hydrogen) atoms. The molecule has 0 aromatic rings. The Bertz CT molecular complexity index is 568. The molecule has 1 fully saturated rings. The summed E-state index contributed by atoms with van der Waals surface area (Å²) in [5.74, 6) is -0.382. The Morgan fingerprint density at radius 3 is 1.83 bits per heavy atom. The van der Waals surface area contributed by atoms with Crippen LogP contribution in [0.2, 0.25) is 0 Å². The maximum atomic E-state index is 13.1. The minimum Gasteiger partial charge on any atom is -0.444 e. The lowest BCUT2D eigenvalue weighted by Crippen LogP contribution is -2.56. The number of hydrogen-bond donors (Lipinski definition) is 2. The molecule has 8 heteroatoms. The molecule has 0 spiro atoms. The fourth-order valence-corrected chi connectivity index (χ4v) is 3.04. The predicted octanol–water partition coefficient (Wildman–Crippen LogP) is 3.70. The third kappa shape index (κ3) is 7.48. The summed E-state index contributed by atoms with van der Waals surface area (Å²) in [6, 6.07) is -0.720. The Hall–Kier alpha value is -1.28. The number of amides is 2. The third-order valence-electron chi connectivity index (χ3n) is 5.27. The predicted molar refractivity (Wildman–Crippen MR) is 115 cm³/mol. The van der Waals surface area contributed by atoms with Gasteiger partial charge in [-0.15, -0.1) is 0 Å². The fourth-order valence-electron chi connectivity index (χ4n) is 3.04. The number of nitrogens with one attached hydrogen (secondary N) is 2. The van der Waals surface area contributed by atoms with E-state index in [-0.39, 0.29) is 17.8 Å². The maximum absolute atomic E-state index is 13.1. The van der Waals surface area contributed by atoms with Crippen molar-refractivity contribution in [3.63, 3.8) is 0 Å². The van der Waals surface area contributed by atoms with Crippen LogP contribution in [0.15, 0.2) is 0 Å². The average molecular weight is 412 g/mol. The second-order valence-electron chi connectivity index (χ2n) is 10.7. The van der Waals surface area contributed by atoms with E-state index in [1.165, 1.54) is 0 Å². The van der Waals surface area contributed by atoms with Crippen LogP contribution >= 0.6 is 0 Å². The fraction of sp³-hybridized carbons (Fsp3) is 0.905. The van der Waals surface area contributed by atoms with Crippen molar-refractivity contribution in [3.05, 3.63) is 0 Å². The van der Waals surface area contributed by atoms with Crippen LogP contribution in [-0.4, -0.2) is 47.9 Å². The molecule has 0 bridgehead atoms. The molecule has 7 nitrogen and oxygen atoms in total. The summed E-state index contributed by atoms with van der Waals surface area (Å²) in [6.45, 7) is 21.2. The molecule has 0 saturated carbocycles. The van der Waals surface area contributed by atoms with Gasteiger partial charge in [-0.05, 0) is 66.7 Å². The summed E-state index contributed by atoms with van der Waals surface area (Å²) in [5.41, 5.74) is -1.60. The minimum atomic E-state index is -0.720. The van der Waals surface area contributed by atoms with Gasteiger partial charge in [0.05, 0.1) is 17.1 Å². The van der Waals surface area contributed by atoms with E-state index in [2.05, 4.69) is 24.5 Å². The zero-order chi connectivity index (χ0) is 22.8. The van der Waals surface area contributed by atoms with Crippen LogP contribution in [0.25, 0.3) is 0 Å². The van der Waals surface area contributed by atoms with Crippen LogP contribution in [0.3, 0.4) is 0 Å². The van der Waals surface area contributed by atoms with Crippen LogP contribution in [-0.2, 0) is 18.8 Å². The Labute approximate surface area is 177 Å². The number of carbonyl (C=O) groups excluding carboxylic acids is 2. The normalized spacial score (nSPS) is 20.5. The van der Waals surface area contributed by atoms with Crippen molar-refractivity contribution < 1.29 is 23.6 Å². The van der Waals surface area contributed by atoms with Gasteiger partial charge in [0.1, 0.15) is 11.6 Å². The van der Waals surface area contributed by atoms with Crippen LogP contribution in [0.4, 0.5) is 4.79 Å². The highest BCUT2D eigenvalue weighted by Gasteiger charge is 2.54. The third-order valence-corrected chi connectivity index (χ3v) is 5.27. The van der Waals surface area contributed by atoms with E-state index in [0.29, 0.717) is 12.3 Å². The summed E-state index contributed by atoms with van der Waals surface area (Å²) in [7, 11) is -0.555. The largest absolute Gasteiger partial charge is 0.481 e. The zero-order valence-corrected chi connectivity index (χ0v) is 20.1. The van der Waals surface area contributed by atoms with Crippen LogP contribution < -0.4 is 10.6 Å². The van der Waals surface area contributed by atoms with Gasteiger partial charge in [-0.3, -0.25) is 4.79 Å². The maximum Gasteiger partial charge on any atom is 0.481 e. The molecule has 2 amide bonds. The first kappa shape index (κ1) is 25.8. The van der Waals surface area contributed by atoms with E-state index in [9.17, 15) is 9.59 Å². The highest BCUT2D eigenvalue weighted by atomic mass is 16.7. The molecule has 1 unspecified atom stereocenters. The molecule has 1 aliphatic heterocycles. The number of ether oxygens (including phenoxy) is 1. The SMILES string of the molecule is CC(C)C[C@@H](NC(=O)C(NC(=O)OC(C)(C)C)C(C)C)B1OC(C)(C)C(C)(C)O1. The first-order valence-corrected chi connectivity index (χ1v) is 10.6. The molecule has 1 saturated heterocycles. The van der Waals surface area contributed by atoms with E-state index in [1.807, 2.05) is 41.5 Å². The smallest absolute Gasteiger partial charge is 0.444 e. The summed E-state index contributed by atoms with van der Waals surface area (Å²) < 4.78 is 17.6. The summed E-state index contributed by atoms with van der Waals surface area (Å²) >= 11 is 0. The van der Waals surface area contributed by atoms with E-state index >= 15 is 0 Å². The molecule has 0 aromatic carbocycles. The van der Waals surface area contributed by atoms with Crippen molar-refractivity contribution in [3.8, 4) is 0 Å². The standard InChI is InChI=1S/C21H41BN2O5/c1-13(2)12-15(22-28-20(8,9)21(10,11)29-22)23-17(25)16(14(3)4)24-18(26)27-19(5,6)7/h13-16H,12H2,1-11H3,(H,23,25)(H,24,26)/t15-,16?/m1/s1. The number of hydrogen-bond acceptors (Lipinski definition) is 5. The summed E-state index contributed by atoms with van der Waals surface area (Å²) in [6.07, 6.45) is 0.0854. The van der Waals surface area contributed by atoms with Crippen molar-refractivity contribution in [2.24, 2.45) is 11.8 Å². The van der Waals surface area contributed by atoms with Gasteiger partial charge in [0.2, 0.25) is 5.91 Å². The van der Waals surface area contributed by atoms with E-state index in [0.717, 1.165) is 0 Å². The topological polar surface area (TPSA) is 85.9 Å². The Morgan fingerprint density at radius 1 is 0.966 bits per heavy atom.